The van der Waals surface area contributed by atoms with Crippen LogP contribution >= 0.6 is 0 Å². The van der Waals surface area contributed by atoms with E-state index in [1.165, 1.54) is 0 Å². The number of hydrogen-bond acceptors (Lipinski definition) is 2. The van der Waals surface area contributed by atoms with Crippen molar-refractivity contribution in [3.05, 3.63) is 35.2 Å². The number of nitrogens with two attached hydrogens (primary N) is 1. The van der Waals surface area contributed by atoms with Crippen LogP contribution in [0.1, 0.15) is 17.5 Å². The van der Waals surface area contributed by atoms with E-state index >= 15 is 0 Å². The molecule has 1 aromatic carbocycles. The molecule has 1 aliphatic rings. The van der Waals surface area contributed by atoms with Gasteiger partial charge < -0.3 is 11.1 Å². The maximum absolute atomic E-state index is 13.9. The molecule has 0 fully saturated rings. The van der Waals surface area contributed by atoms with Crippen LogP contribution < -0.4 is 11.1 Å². The lowest BCUT2D eigenvalue weighted by atomic mass is 9.97. The average Bonchev–Trinajstić information content (AvgIpc) is 2.27. The SMILES string of the molecule is Cc1c(N)ccc(C2=CCNCC2)c1F. The first-order valence-electron chi connectivity index (χ1n) is 5.15. The molecule has 1 heterocycles. The van der Waals surface area contributed by atoms with Crippen LogP contribution in [0.4, 0.5) is 10.1 Å². The molecule has 0 saturated carbocycles. The summed E-state index contributed by atoms with van der Waals surface area (Å²) in [7, 11) is 0. The smallest absolute Gasteiger partial charge is 0.135 e. The van der Waals surface area contributed by atoms with Crippen molar-refractivity contribution < 1.29 is 4.39 Å². The summed E-state index contributed by atoms with van der Waals surface area (Å²) in [6.45, 7) is 3.45. The largest absolute Gasteiger partial charge is 0.398 e. The summed E-state index contributed by atoms with van der Waals surface area (Å²) in [6.07, 6.45) is 2.91. The van der Waals surface area contributed by atoms with Crippen LogP contribution in [0.3, 0.4) is 0 Å². The molecule has 0 aromatic heterocycles. The molecular formula is C12H15FN2. The van der Waals surface area contributed by atoms with Crippen LogP contribution in [0.2, 0.25) is 0 Å². The molecule has 1 aromatic rings. The fraction of sp³-hybridized carbons (Fsp3) is 0.333. The number of rotatable bonds is 1. The quantitative estimate of drug-likeness (QED) is 0.690. The Labute approximate surface area is 89.0 Å². The summed E-state index contributed by atoms with van der Waals surface area (Å²) in [5.74, 6) is -0.178. The lowest BCUT2D eigenvalue weighted by molar-refractivity contribution is 0.613. The zero-order valence-electron chi connectivity index (χ0n) is 8.81. The van der Waals surface area contributed by atoms with Crippen molar-refractivity contribution in [3.63, 3.8) is 0 Å². The summed E-state index contributed by atoms with van der Waals surface area (Å²) < 4.78 is 13.9. The number of nitrogen functional groups attached to an aromatic ring is 1. The fourth-order valence-corrected chi connectivity index (χ4v) is 1.82. The Hall–Kier alpha value is -1.35. The number of nitrogens with one attached hydrogen (secondary N) is 1. The third-order valence-corrected chi connectivity index (χ3v) is 2.84. The van der Waals surface area contributed by atoms with E-state index in [2.05, 4.69) is 5.32 Å². The normalized spacial score (nSPS) is 16.3. The van der Waals surface area contributed by atoms with Crippen LogP contribution in [0.15, 0.2) is 18.2 Å². The van der Waals surface area contributed by atoms with Crippen LogP contribution in [-0.2, 0) is 0 Å². The molecule has 3 heteroatoms. The first kappa shape index (κ1) is 10.2. The Bertz CT molecular complexity index is 410. The van der Waals surface area contributed by atoms with E-state index in [1.54, 1.807) is 19.1 Å². The summed E-state index contributed by atoms with van der Waals surface area (Å²) in [5.41, 5.74) is 8.49. The minimum atomic E-state index is -0.178. The van der Waals surface area contributed by atoms with Crippen molar-refractivity contribution in [1.29, 1.82) is 0 Å². The second kappa shape index (κ2) is 4.03. The fourth-order valence-electron chi connectivity index (χ4n) is 1.82. The third kappa shape index (κ3) is 1.88. The number of anilines is 1. The molecule has 0 aliphatic carbocycles. The molecule has 2 nitrogen and oxygen atoms in total. The van der Waals surface area contributed by atoms with Gasteiger partial charge >= 0.3 is 0 Å². The van der Waals surface area contributed by atoms with Crippen molar-refractivity contribution in [3.8, 4) is 0 Å². The lowest BCUT2D eigenvalue weighted by Gasteiger charge is -2.16. The Kier molecular flexibility index (Phi) is 2.73. The minimum Gasteiger partial charge on any atom is -0.398 e. The van der Waals surface area contributed by atoms with Crippen molar-refractivity contribution in [1.82, 2.24) is 5.32 Å². The van der Waals surface area contributed by atoms with Gasteiger partial charge in [-0.3, -0.25) is 0 Å². The van der Waals surface area contributed by atoms with Gasteiger partial charge in [-0.1, -0.05) is 6.08 Å². The number of hydrogen-bond donors (Lipinski definition) is 2. The van der Waals surface area contributed by atoms with Gasteiger partial charge in [0.15, 0.2) is 0 Å². The summed E-state index contributed by atoms with van der Waals surface area (Å²) in [6, 6.07) is 3.55. The third-order valence-electron chi connectivity index (χ3n) is 2.84. The average molecular weight is 206 g/mol. The Morgan fingerprint density at radius 1 is 1.40 bits per heavy atom. The van der Waals surface area contributed by atoms with E-state index in [9.17, 15) is 4.39 Å². The van der Waals surface area contributed by atoms with Crippen LogP contribution in [0, 0.1) is 12.7 Å². The topological polar surface area (TPSA) is 38.0 Å². The molecule has 0 spiro atoms. The zero-order chi connectivity index (χ0) is 10.8. The Balaban J connectivity index is 2.44. The van der Waals surface area contributed by atoms with Gasteiger partial charge in [0.25, 0.3) is 0 Å². The molecule has 0 bridgehead atoms. The van der Waals surface area contributed by atoms with Gasteiger partial charge in [-0.05, 0) is 37.6 Å². The van der Waals surface area contributed by atoms with Gasteiger partial charge in [-0.25, -0.2) is 4.39 Å². The molecule has 0 saturated heterocycles. The van der Waals surface area contributed by atoms with Crippen molar-refractivity contribution in [2.24, 2.45) is 0 Å². The molecule has 15 heavy (non-hydrogen) atoms. The van der Waals surface area contributed by atoms with E-state index in [0.29, 0.717) is 16.8 Å². The summed E-state index contributed by atoms with van der Waals surface area (Å²) in [5, 5.41) is 3.21. The Morgan fingerprint density at radius 2 is 2.20 bits per heavy atom. The van der Waals surface area contributed by atoms with Gasteiger partial charge in [0, 0.05) is 23.4 Å². The first-order chi connectivity index (χ1) is 7.20. The summed E-state index contributed by atoms with van der Waals surface area (Å²) >= 11 is 0. The minimum absolute atomic E-state index is 0.178. The van der Waals surface area contributed by atoms with E-state index in [-0.39, 0.29) is 5.82 Å². The molecule has 80 valence electrons. The highest BCUT2D eigenvalue weighted by atomic mass is 19.1. The highest BCUT2D eigenvalue weighted by Gasteiger charge is 2.13. The highest BCUT2D eigenvalue weighted by Crippen LogP contribution is 2.27. The molecule has 0 atom stereocenters. The van der Waals surface area contributed by atoms with Crippen molar-refractivity contribution in [2.75, 3.05) is 18.8 Å². The monoisotopic (exact) mass is 206 g/mol. The molecular weight excluding hydrogens is 191 g/mol. The lowest BCUT2D eigenvalue weighted by Crippen LogP contribution is -2.20. The van der Waals surface area contributed by atoms with Crippen molar-refractivity contribution >= 4 is 11.3 Å². The maximum Gasteiger partial charge on any atom is 0.135 e. The highest BCUT2D eigenvalue weighted by molar-refractivity contribution is 5.70. The number of halogens is 1. The van der Waals surface area contributed by atoms with Gasteiger partial charge in [-0.2, -0.15) is 0 Å². The predicted octanol–water partition coefficient (Wildman–Crippen LogP) is 2.09. The van der Waals surface area contributed by atoms with Gasteiger partial charge in [-0.15, -0.1) is 0 Å². The second-order valence-electron chi connectivity index (χ2n) is 3.82. The van der Waals surface area contributed by atoms with Crippen LogP contribution in [-0.4, -0.2) is 13.1 Å². The van der Waals surface area contributed by atoms with Gasteiger partial charge in [0.2, 0.25) is 0 Å². The van der Waals surface area contributed by atoms with Gasteiger partial charge in [0.05, 0.1) is 0 Å². The molecule has 2 rings (SSSR count). The predicted molar refractivity (Wildman–Crippen MR) is 61.0 cm³/mol. The van der Waals surface area contributed by atoms with E-state index in [1.807, 2.05) is 6.08 Å². The maximum atomic E-state index is 13.9. The molecule has 0 amide bonds. The number of benzene rings is 1. The Morgan fingerprint density at radius 3 is 2.87 bits per heavy atom. The molecule has 1 aliphatic heterocycles. The van der Waals surface area contributed by atoms with Crippen LogP contribution in [0.5, 0.6) is 0 Å². The van der Waals surface area contributed by atoms with Gasteiger partial charge in [0.1, 0.15) is 5.82 Å². The molecule has 3 N–H and O–H groups in total. The second-order valence-corrected chi connectivity index (χ2v) is 3.82. The summed E-state index contributed by atoms with van der Waals surface area (Å²) in [4.78, 5) is 0. The van der Waals surface area contributed by atoms with E-state index in [0.717, 1.165) is 25.1 Å². The van der Waals surface area contributed by atoms with E-state index in [4.69, 9.17) is 5.73 Å². The molecule has 0 unspecified atom stereocenters. The van der Waals surface area contributed by atoms with Crippen LogP contribution in [0.25, 0.3) is 5.57 Å². The zero-order valence-corrected chi connectivity index (χ0v) is 8.81. The first-order valence-corrected chi connectivity index (χ1v) is 5.15. The van der Waals surface area contributed by atoms with E-state index < -0.39 is 0 Å². The van der Waals surface area contributed by atoms with Crippen molar-refractivity contribution in [2.45, 2.75) is 13.3 Å². The molecule has 0 radical (unpaired) electrons. The standard InChI is InChI=1S/C12H15FN2/c1-8-11(14)3-2-10(12(8)13)9-4-6-15-7-5-9/h2-4,15H,5-7,14H2,1H3.